The number of likely N-dealkylation sites (tertiary alicyclic amines) is 1. The third-order valence-corrected chi connectivity index (χ3v) is 6.44. The molecule has 170 valence electrons. The van der Waals surface area contributed by atoms with Crippen LogP contribution in [0.25, 0.3) is 0 Å². The third kappa shape index (κ3) is 5.90. The molecule has 0 aliphatic carbocycles. The van der Waals surface area contributed by atoms with Gasteiger partial charge in [-0.2, -0.15) is 13.2 Å². The van der Waals surface area contributed by atoms with Crippen molar-refractivity contribution in [1.29, 1.82) is 0 Å². The van der Waals surface area contributed by atoms with E-state index in [2.05, 4.69) is 20.0 Å². The Morgan fingerprint density at radius 1 is 1.13 bits per heavy atom. The number of nitrogens with two attached hydrogens (primary N) is 1. The summed E-state index contributed by atoms with van der Waals surface area (Å²) in [4.78, 5) is 4.43. The lowest BCUT2D eigenvalue weighted by molar-refractivity contribution is -0.180. The van der Waals surface area contributed by atoms with E-state index in [-0.39, 0.29) is 12.1 Å². The van der Waals surface area contributed by atoms with Gasteiger partial charge in [0, 0.05) is 36.7 Å². The monoisotopic (exact) mass is 457 g/mol. The van der Waals surface area contributed by atoms with Gasteiger partial charge < -0.3 is 15.4 Å². The minimum absolute atomic E-state index is 0.0324. The highest BCUT2D eigenvalue weighted by Crippen LogP contribution is 2.30. The summed E-state index contributed by atoms with van der Waals surface area (Å²) in [5.41, 5.74) is 6.83. The first-order valence-electron chi connectivity index (χ1n) is 10.6. The van der Waals surface area contributed by atoms with Crippen LogP contribution in [0.5, 0.6) is 0 Å². The van der Waals surface area contributed by atoms with Gasteiger partial charge in [-0.15, -0.1) is 10.2 Å². The van der Waals surface area contributed by atoms with Crippen LogP contribution in [0.2, 0.25) is 5.02 Å². The van der Waals surface area contributed by atoms with Crippen molar-refractivity contribution in [1.82, 2.24) is 9.80 Å². The van der Waals surface area contributed by atoms with Crippen LogP contribution in [0.15, 0.2) is 34.5 Å². The fraction of sp³-hybridized carbons (Fsp3) is 0.619. The molecule has 0 spiro atoms. The number of amidine groups is 2. The molecule has 0 saturated carbocycles. The van der Waals surface area contributed by atoms with E-state index in [1.807, 2.05) is 24.3 Å². The van der Waals surface area contributed by atoms with E-state index in [0.717, 1.165) is 37.3 Å². The molecule has 2 saturated heterocycles. The van der Waals surface area contributed by atoms with Gasteiger partial charge in [0.15, 0.2) is 0 Å². The summed E-state index contributed by atoms with van der Waals surface area (Å²) in [5.74, 6) is 1.40. The summed E-state index contributed by atoms with van der Waals surface area (Å²) in [6.07, 6.45) is -2.98. The van der Waals surface area contributed by atoms with E-state index in [9.17, 15) is 13.2 Å². The van der Waals surface area contributed by atoms with Crippen LogP contribution in [0.4, 0.5) is 13.2 Å². The fourth-order valence-corrected chi connectivity index (χ4v) is 4.79. The molecule has 0 radical (unpaired) electrons. The van der Waals surface area contributed by atoms with Crippen LogP contribution < -0.4 is 5.73 Å². The third-order valence-electron chi connectivity index (χ3n) is 6.18. The number of hydrogen-bond donors (Lipinski definition) is 1. The second kappa shape index (κ2) is 9.34. The predicted octanol–water partition coefficient (Wildman–Crippen LogP) is 3.44. The number of piperidine rings is 1. The van der Waals surface area contributed by atoms with Gasteiger partial charge >= 0.3 is 6.18 Å². The molecule has 2 fully saturated rings. The average molecular weight is 458 g/mol. The number of halogens is 4. The van der Waals surface area contributed by atoms with E-state index in [1.54, 1.807) is 0 Å². The van der Waals surface area contributed by atoms with Crippen LogP contribution >= 0.6 is 11.6 Å². The first kappa shape index (κ1) is 22.4. The summed E-state index contributed by atoms with van der Waals surface area (Å²) >= 11 is 5.99. The van der Waals surface area contributed by atoms with Crippen molar-refractivity contribution in [2.75, 3.05) is 26.2 Å². The molecule has 0 amide bonds. The van der Waals surface area contributed by atoms with E-state index < -0.39 is 18.7 Å². The van der Waals surface area contributed by atoms with Gasteiger partial charge in [-0.05, 0) is 37.0 Å². The Bertz CT molecular complexity index is 821. The lowest BCUT2D eigenvalue weighted by Crippen LogP contribution is -2.58. The number of morpholine rings is 1. The van der Waals surface area contributed by atoms with Crippen molar-refractivity contribution in [2.24, 2.45) is 15.9 Å². The zero-order valence-electron chi connectivity index (χ0n) is 17.2. The molecule has 31 heavy (non-hydrogen) atoms. The molecular weight excluding hydrogens is 431 g/mol. The quantitative estimate of drug-likeness (QED) is 0.752. The molecule has 3 heterocycles. The molecule has 0 unspecified atom stereocenters. The maximum absolute atomic E-state index is 13.0. The van der Waals surface area contributed by atoms with Gasteiger partial charge in [0.2, 0.25) is 0 Å². The topological polar surface area (TPSA) is 66.5 Å². The molecule has 2 N–H and O–H groups in total. The van der Waals surface area contributed by atoms with Gasteiger partial charge in [-0.25, -0.2) is 0 Å². The van der Waals surface area contributed by atoms with Gasteiger partial charge in [0.05, 0.1) is 25.6 Å². The van der Waals surface area contributed by atoms with Crippen molar-refractivity contribution in [3.05, 3.63) is 34.9 Å². The molecular formula is C21H27ClF3N5O. The Hall–Kier alpha value is -1.84. The summed E-state index contributed by atoms with van der Waals surface area (Å²) in [5, 5.41) is 8.72. The highest BCUT2D eigenvalue weighted by molar-refractivity contribution is 6.30. The number of benzene rings is 1. The maximum Gasteiger partial charge on any atom is 0.391 e. The Morgan fingerprint density at radius 3 is 2.45 bits per heavy atom. The van der Waals surface area contributed by atoms with Gasteiger partial charge in [-0.3, -0.25) is 4.90 Å². The average Bonchev–Trinajstić information content (AvgIpc) is 3.16. The lowest BCUT2D eigenvalue weighted by atomic mass is 9.95. The van der Waals surface area contributed by atoms with Gasteiger partial charge in [0.25, 0.3) is 0 Å². The minimum atomic E-state index is -4.23. The minimum Gasteiger partial charge on any atom is -0.385 e. The number of ether oxygens (including phenoxy) is 1. The molecule has 1 aromatic rings. The van der Waals surface area contributed by atoms with Crippen molar-refractivity contribution < 1.29 is 17.9 Å². The number of hydrogen-bond acceptors (Lipinski definition) is 6. The highest BCUT2D eigenvalue weighted by atomic mass is 35.5. The summed E-state index contributed by atoms with van der Waals surface area (Å²) in [6, 6.07) is 7.84. The maximum atomic E-state index is 13.0. The molecule has 2 atom stereocenters. The molecule has 3 aliphatic rings. The standard InChI is InChI=1S/C21H27ClF3N5O/c22-15-3-1-14(2-4-15)9-17-13-31-18(11-21(23,24)25)12-30(17)16-5-7-29(8-6-16)20-10-19(26)27-28-20/h1-4,16-18H,5-13H2,(H2,26,27)/t17-,18-/m0/s1. The Balaban J connectivity index is 1.42. The number of nitrogens with zero attached hydrogens (tertiary/aromatic N) is 4. The van der Waals surface area contributed by atoms with E-state index in [0.29, 0.717) is 36.9 Å². The molecule has 0 aromatic heterocycles. The highest BCUT2D eigenvalue weighted by Gasteiger charge is 2.40. The first-order valence-corrected chi connectivity index (χ1v) is 11.0. The zero-order valence-corrected chi connectivity index (χ0v) is 17.9. The SMILES string of the molecule is NC1=NN=C(N2CCC(N3C[C@H](CC(F)(F)F)OC[C@@H]3Cc3ccc(Cl)cc3)CC2)C1. The molecule has 3 aliphatic heterocycles. The molecule has 4 rings (SSSR count). The Labute approximate surface area is 184 Å². The second-order valence-corrected chi connectivity index (χ2v) is 8.89. The Kier molecular flexibility index (Phi) is 6.74. The van der Waals surface area contributed by atoms with Crippen molar-refractivity contribution >= 4 is 23.3 Å². The van der Waals surface area contributed by atoms with Crippen LogP contribution in [-0.2, 0) is 11.2 Å². The lowest BCUT2D eigenvalue weighted by Gasteiger charge is -2.47. The smallest absolute Gasteiger partial charge is 0.385 e. The summed E-state index contributed by atoms with van der Waals surface area (Å²) in [6.45, 7) is 2.17. The van der Waals surface area contributed by atoms with Gasteiger partial charge in [-0.1, -0.05) is 23.7 Å². The van der Waals surface area contributed by atoms with E-state index >= 15 is 0 Å². The van der Waals surface area contributed by atoms with Crippen molar-refractivity contribution in [3.63, 3.8) is 0 Å². The first-order chi connectivity index (χ1) is 14.8. The van der Waals surface area contributed by atoms with Crippen LogP contribution in [0.1, 0.15) is 31.2 Å². The normalized spacial score (nSPS) is 26.1. The fourth-order valence-electron chi connectivity index (χ4n) is 4.66. The van der Waals surface area contributed by atoms with Crippen LogP contribution in [-0.4, -0.2) is 72.1 Å². The number of alkyl halides is 3. The molecule has 6 nitrogen and oxygen atoms in total. The number of rotatable bonds is 4. The second-order valence-electron chi connectivity index (χ2n) is 8.46. The van der Waals surface area contributed by atoms with Crippen LogP contribution in [0, 0.1) is 0 Å². The molecule has 0 bridgehead atoms. The summed E-state index contributed by atoms with van der Waals surface area (Å²) in [7, 11) is 0. The largest absolute Gasteiger partial charge is 0.391 e. The molecule has 1 aromatic carbocycles. The van der Waals surface area contributed by atoms with E-state index in [1.165, 1.54) is 0 Å². The van der Waals surface area contributed by atoms with Gasteiger partial charge in [0.1, 0.15) is 11.7 Å². The zero-order chi connectivity index (χ0) is 22.0. The molecule has 10 heteroatoms. The Morgan fingerprint density at radius 2 is 1.84 bits per heavy atom. The van der Waals surface area contributed by atoms with Crippen LogP contribution in [0.3, 0.4) is 0 Å². The predicted molar refractivity (Wildman–Crippen MR) is 114 cm³/mol. The van der Waals surface area contributed by atoms with Crippen molar-refractivity contribution in [2.45, 2.75) is 56.5 Å². The van der Waals surface area contributed by atoms with E-state index in [4.69, 9.17) is 22.1 Å². The van der Waals surface area contributed by atoms with Crippen molar-refractivity contribution in [3.8, 4) is 0 Å². The summed E-state index contributed by atoms with van der Waals surface area (Å²) < 4.78 is 44.6.